The van der Waals surface area contributed by atoms with E-state index in [9.17, 15) is 61.0 Å². The van der Waals surface area contributed by atoms with Crippen LogP contribution >= 0.6 is 0 Å². The minimum Gasteiger partial charge on any atom is -0.394 e. The standard InChI is InChI=1S/C62H115NO18/c1-3-5-7-9-11-13-15-17-19-20-21-22-23-24-25-26-27-29-31-33-35-37-39-46(67)45(63-50(68)40-38-36-34-32-30-28-18-16-14-12-10-8-6-4-2)44-76-60-56(74)53(71)58(48(42-65)78-60)81-62-57(75)54(72)59(49(43-66)79-62)80-61-55(73)52(70)51(69)47(41-64)77-61/h16,18,37,39,45-49,51-62,64-67,69-75H,3-15,17,19-36,38,40-44H2,1-2H3,(H,63,68)/b18-16-,39-37+. The van der Waals surface area contributed by atoms with E-state index < -0.39 is 124 Å². The lowest BCUT2D eigenvalue weighted by Crippen LogP contribution is -2.66. The first-order valence-corrected chi connectivity index (χ1v) is 32.1. The van der Waals surface area contributed by atoms with Crippen molar-refractivity contribution in [3.63, 3.8) is 0 Å². The molecule has 81 heavy (non-hydrogen) atoms. The summed E-state index contributed by atoms with van der Waals surface area (Å²) in [7, 11) is 0. The van der Waals surface area contributed by atoms with Gasteiger partial charge in [0.25, 0.3) is 0 Å². The zero-order chi connectivity index (χ0) is 59.0. The fourth-order valence-corrected chi connectivity index (χ4v) is 11.0. The molecule has 0 aromatic rings. The molecule has 0 spiro atoms. The Morgan fingerprint density at radius 1 is 0.432 bits per heavy atom. The average molecular weight is 1160 g/mol. The number of amides is 1. The minimum atomic E-state index is -1.98. The van der Waals surface area contributed by atoms with Crippen molar-refractivity contribution in [3.8, 4) is 0 Å². The maximum Gasteiger partial charge on any atom is 0.220 e. The molecule has 17 unspecified atom stereocenters. The van der Waals surface area contributed by atoms with Crippen LogP contribution in [0.3, 0.4) is 0 Å². The lowest BCUT2D eigenvalue weighted by Gasteiger charge is -2.48. The first-order chi connectivity index (χ1) is 39.3. The number of ether oxygens (including phenoxy) is 6. The number of allylic oxidation sites excluding steroid dienone is 3. The molecule has 0 bridgehead atoms. The number of nitrogens with one attached hydrogen (secondary N) is 1. The van der Waals surface area contributed by atoms with E-state index in [0.717, 1.165) is 64.2 Å². The van der Waals surface area contributed by atoms with E-state index in [1.54, 1.807) is 6.08 Å². The fraction of sp³-hybridized carbons (Fsp3) is 0.919. The molecule has 0 aromatic heterocycles. The lowest BCUT2D eigenvalue weighted by molar-refractivity contribution is -0.379. The fourth-order valence-electron chi connectivity index (χ4n) is 11.0. The minimum absolute atomic E-state index is 0.235. The van der Waals surface area contributed by atoms with Gasteiger partial charge in [0.1, 0.15) is 73.2 Å². The number of rotatable bonds is 48. The van der Waals surface area contributed by atoms with Crippen LogP contribution in [0.15, 0.2) is 24.3 Å². The largest absolute Gasteiger partial charge is 0.394 e. The van der Waals surface area contributed by atoms with Crippen LogP contribution in [0.5, 0.6) is 0 Å². The molecule has 1 amide bonds. The van der Waals surface area contributed by atoms with Crippen molar-refractivity contribution in [1.29, 1.82) is 0 Å². The second-order valence-corrected chi connectivity index (χ2v) is 23.2. The number of aliphatic hydroxyl groups excluding tert-OH is 11. The van der Waals surface area contributed by atoms with Crippen molar-refractivity contribution < 1.29 is 89.4 Å². The number of aliphatic hydroxyl groups is 11. The van der Waals surface area contributed by atoms with E-state index >= 15 is 0 Å². The molecule has 19 heteroatoms. The van der Waals surface area contributed by atoms with Crippen molar-refractivity contribution >= 4 is 5.91 Å². The highest BCUT2D eigenvalue weighted by atomic mass is 16.8. The van der Waals surface area contributed by atoms with Crippen LogP contribution in [-0.2, 0) is 33.2 Å². The van der Waals surface area contributed by atoms with Gasteiger partial charge in [-0.05, 0) is 44.9 Å². The highest BCUT2D eigenvalue weighted by Crippen LogP contribution is 2.33. The van der Waals surface area contributed by atoms with Gasteiger partial charge < -0.3 is 89.9 Å². The molecule has 476 valence electrons. The molecule has 3 heterocycles. The zero-order valence-corrected chi connectivity index (χ0v) is 49.8. The second kappa shape index (κ2) is 45.6. The first-order valence-electron chi connectivity index (χ1n) is 32.1. The highest BCUT2D eigenvalue weighted by Gasteiger charge is 2.53. The first kappa shape index (κ1) is 73.5. The second-order valence-electron chi connectivity index (χ2n) is 23.2. The molecule has 0 radical (unpaired) electrons. The number of carbonyl (C=O) groups excluding carboxylic acids is 1. The Kier molecular flexibility index (Phi) is 41.4. The average Bonchev–Trinajstić information content (AvgIpc) is 3.48. The Labute approximate surface area is 486 Å². The summed E-state index contributed by atoms with van der Waals surface area (Å²) in [6, 6.07) is -0.975. The van der Waals surface area contributed by atoms with Crippen molar-refractivity contribution in [2.75, 3.05) is 26.4 Å². The maximum atomic E-state index is 13.3. The molecular weight excluding hydrogens is 1050 g/mol. The van der Waals surface area contributed by atoms with Crippen LogP contribution in [0, 0.1) is 0 Å². The predicted octanol–water partition coefficient (Wildman–Crippen LogP) is 6.71. The molecule has 3 fully saturated rings. The van der Waals surface area contributed by atoms with Crippen LogP contribution in [0.25, 0.3) is 0 Å². The topological polar surface area (TPSA) is 307 Å². The predicted molar refractivity (Wildman–Crippen MR) is 310 cm³/mol. The van der Waals surface area contributed by atoms with Crippen LogP contribution in [-0.4, -0.2) is 193 Å². The lowest BCUT2D eigenvalue weighted by atomic mass is 9.96. The van der Waals surface area contributed by atoms with Gasteiger partial charge in [-0.1, -0.05) is 205 Å². The van der Waals surface area contributed by atoms with Gasteiger partial charge in [0.2, 0.25) is 5.91 Å². The Balaban J connectivity index is 1.48. The SMILES string of the molecule is CCCCCCC/C=C\CCCCCCCC(=O)NC(COC1OC(CO)C(OC2OC(CO)C(OC3OC(CO)C(O)C(O)C3O)C(O)C2O)C(O)C1O)C(O)/C=C/CCCCCCCCCCCCCCCCCCCCCC. The molecule has 3 aliphatic heterocycles. The number of hydrogen-bond donors (Lipinski definition) is 12. The number of unbranched alkanes of at least 4 members (excludes halogenated alkanes) is 30. The quantitative estimate of drug-likeness (QED) is 0.0222. The van der Waals surface area contributed by atoms with Crippen molar-refractivity contribution in [2.24, 2.45) is 0 Å². The Morgan fingerprint density at radius 2 is 0.778 bits per heavy atom. The van der Waals surface area contributed by atoms with E-state index in [4.69, 9.17) is 28.4 Å². The normalized spacial score (nSPS) is 29.9. The summed E-state index contributed by atoms with van der Waals surface area (Å²) in [5, 5.41) is 120. The van der Waals surface area contributed by atoms with Crippen molar-refractivity contribution in [3.05, 3.63) is 24.3 Å². The summed E-state index contributed by atoms with van der Waals surface area (Å²) >= 11 is 0. The van der Waals surface area contributed by atoms with E-state index in [0.29, 0.717) is 6.42 Å². The van der Waals surface area contributed by atoms with Gasteiger partial charge in [-0.3, -0.25) is 4.79 Å². The molecule has 3 saturated heterocycles. The van der Waals surface area contributed by atoms with Crippen LogP contribution in [0.4, 0.5) is 0 Å². The van der Waals surface area contributed by atoms with E-state index in [2.05, 4.69) is 31.3 Å². The van der Waals surface area contributed by atoms with Crippen LogP contribution in [0.1, 0.15) is 232 Å². The van der Waals surface area contributed by atoms with Gasteiger partial charge in [0.15, 0.2) is 18.9 Å². The van der Waals surface area contributed by atoms with Gasteiger partial charge in [-0.2, -0.15) is 0 Å². The van der Waals surface area contributed by atoms with Gasteiger partial charge in [-0.15, -0.1) is 0 Å². The summed E-state index contributed by atoms with van der Waals surface area (Å²) in [4.78, 5) is 13.3. The van der Waals surface area contributed by atoms with Gasteiger partial charge >= 0.3 is 0 Å². The van der Waals surface area contributed by atoms with Crippen molar-refractivity contribution in [2.45, 2.75) is 336 Å². The third kappa shape index (κ3) is 29.0. The summed E-state index contributed by atoms with van der Waals surface area (Å²) in [5.41, 5.74) is 0. The van der Waals surface area contributed by atoms with E-state index in [1.165, 1.54) is 141 Å². The molecule has 3 aliphatic rings. The van der Waals surface area contributed by atoms with Crippen LogP contribution in [0.2, 0.25) is 0 Å². The summed E-state index contributed by atoms with van der Waals surface area (Å²) in [6.45, 7) is 1.72. The summed E-state index contributed by atoms with van der Waals surface area (Å²) in [6.07, 6.45) is 21.6. The number of carbonyl (C=O) groups is 1. The molecule has 12 N–H and O–H groups in total. The molecule has 0 saturated carbocycles. The van der Waals surface area contributed by atoms with Gasteiger partial charge in [0.05, 0.1) is 38.6 Å². The monoisotopic (exact) mass is 1160 g/mol. The van der Waals surface area contributed by atoms with Gasteiger partial charge in [-0.25, -0.2) is 0 Å². The molecule has 3 rings (SSSR count). The highest BCUT2D eigenvalue weighted by molar-refractivity contribution is 5.76. The smallest absolute Gasteiger partial charge is 0.220 e. The zero-order valence-electron chi connectivity index (χ0n) is 49.8. The van der Waals surface area contributed by atoms with Crippen molar-refractivity contribution in [1.82, 2.24) is 5.32 Å². The third-order valence-corrected chi connectivity index (χ3v) is 16.2. The van der Waals surface area contributed by atoms with E-state index in [-0.39, 0.29) is 18.9 Å². The number of hydrogen-bond acceptors (Lipinski definition) is 18. The molecule has 0 aromatic carbocycles. The van der Waals surface area contributed by atoms with Crippen LogP contribution < -0.4 is 5.32 Å². The molecular formula is C62H115NO18. The van der Waals surface area contributed by atoms with E-state index in [1.807, 2.05) is 6.08 Å². The Bertz CT molecular complexity index is 1580. The third-order valence-electron chi connectivity index (χ3n) is 16.2. The van der Waals surface area contributed by atoms with Gasteiger partial charge in [0, 0.05) is 6.42 Å². The molecule has 0 aliphatic carbocycles. The molecule has 17 atom stereocenters. The maximum absolute atomic E-state index is 13.3. The molecule has 19 nitrogen and oxygen atoms in total. The summed E-state index contributed by atoms with van der Waals surface area (Å²) in [5.74, 6) is -0.283. The Hall–Kier alpha value is -1.73. The Morgan fingerprint density at radius 3 is 1.20 bits per heavy atom. The summed E-state index contributed by atoms with van der Waals surface area (Å²) < 4.78 is 34.3.